The molecule has 4 heteroatoms. The van der Waals surface area contributed by atoms with Gasteiger partial charge in [0, 0.05) is 22.7 Å². The van der Waals surface area contributed by atoms with Crippen molar-refractivity contribution in [2.24, 2.45) is 5.73 Å². The quantitative estimate of drug-likeness (QED) is 0.836. The zero-order valence-corrected chi connectivity index (χ0v) is 9.39. The number of benzene rings is 1. The fraction of sp³-hybridized carbons (Fsp3) is 0.455. The third-order valence-electron chi connectivity index (χ3n) is 2.39. The van der Waals surface area contributed by atoms with Crippen LogP contribution in [-0.4, -0.2) is 11.7 Å². The Kier molecular flexibility index (Phi) is 4.08. The summed E-state index contributed by atoms with van der Waals surface area (Å²) in [6, 6.07) is 4.50. The summed E-state index contributed by atoms with van der Waals surface area (Å²) >= 11 is 5.91. The lowest BCUT2D eigenvalue weighted by Gasteiger charge is -2.26. The second kappa shape index (κ2) is 4.92. The molecule has 0 bridgehead atoms. The van der Waals surface area contributed by atoms with E-state index in [4.69, 9.17) is 22.4 Å². The predicted octanol–water partition coefficient (Wildman–Crippen LogP) is 2.43. The second-order valence-electron chi connectivity index (χ2n) is 3.84. The molecule has 0 radical (unpaired) electrons. The van der Waals surface area contributed by atoms with Crippen LogP contribution in [0.15, 0.2) is 18.2 Å². The second-order valence-corrected chi connectivity index (χ2v) is 4.25. The van der Waals surface area contributed by atoms with Crippen molar-refractivity contribution in [2.75, 3.05) is 6.61 Å². The Morgan fingerprint density at radius 1 is 1.53 bits per heavy atom. The van der Waals surface area contributed by atoms with Crippen LogP contribution in [0.1, 0.15) is 25.3 Å². The number of halogens is 2. The van der Waals surface area contributed by atoms with Gasteiger partial charge in [-0.25, -0.2) is 4.39 Å². The van der Waals surface area contributed by atoms with Crippen molar-refractivity contribution in [3.05, 3.63) is 34.6 Å². The molecule has 0 aromatic heterocycles. The summed E-state index contributed by atoms with van der Waals surface area (Å²) in [5, 5.41) is 9.06. The number of hydrogen-bond acceptors (Lipinski definition) is 2. The Hall–Kier alpha value is -0.640. The van der Waals surface area contributed by atoms with Crippen molar-refractivity contribution >= 4 is 11.6 Å². The smallest absolute Gasteiger partial charge is 0.129 e. The van der Waals surface area contributed by atoms with Gasteiger partial charge in [0.25, 0.3) is 0 Å². The van der Waals surface area contributed by atoms with Gasteiger partial charge in [-0.05, 0) is 31.9 Å². The number of aliphatic hydroxyl groups excluding tert-OH is 1. The van der Waals surface area contributed by atoms with E-state index < -0.39 is 11.4 Å². The molecule has 0 spiro atoms. The Morgan fingerprint density at radius 3 is 2.73 bits per heavy atom. The molecule has 0 aliphatic heterocycles. The van der Waals surface area contributed by atoms with Crippen molar-refractivity contribution in [2.45, 2.75) is 25.3 Å². The summed E-state index contributed by atoms with van der Waals surface area (Å²) in [4.78, 5) is 0. The van der Waals surface area contributed by atoms with E-state index in [2.05, 4.69) is 0 Å². The number of hydrogen-bond donors (Lipinski definition) is 2. The van der Waals surface area contributed by atoms with E-state index in [0.717, 1.165) is 0 Å². The van der Waals surface area contributed by atoms with Crippen molar-refractivity contribution in [3.63, 3.8) is 0 Å². The molecule has 0 aliphatic carbocycles. The van der Waals surface area contributed by atoms with Gasteiger partial charge in [0.2, 0.25) is 0 Å². The molecule has 1 rings (SSSR count). The van der Waals surface area contributed by atoms with Gasteiger partial charge in [-0.15, -0.1) is 0 Å². The Balaban J connectivity index is 3.03. The van der Waals surface area contributed by atoms with Crippen molar-refractivity contribution in [1.82, 2.24) is 0 Å². The minimum atomic E-state index is -0.842. The van der Waals surface area contributed by atoms with E-state index >= 15 is 0 Å². The van der Waals surface area contributed by atoms with Gasteiger partial charge in [0.1, 0.15) is 5.82 Å². The van der Waals surface area contributed by atoms with Crippen LogP contribution >= 0.6 is 11.6 Å². The van der Waals surface area contributed by atoms with Crippen molar-refractivity contribution in [3.8, 4) is 0 Å². The van der Waals surface area contributed by atoms with Crippen LogP contribution in [0.4, 0.5) is 4.39 Å². The topological polar surface area (TPSA) is 46.2 Å². The molecular formula is C11H15ClFNO. The molecule has 0 aliphatic rings. The summed E-state index contributed by atoms with van der Waals surface area (Å²) in [6.07, 6.45) is 1.02. The highest BCUT2D eigenvalue weighted by molar-refractivity contribution is 6.31. The maximum atomic E-state index is 13.5. The Bertz CT molecular complexity index is 321. The average molecular weight is 232 g/mol. The van der Waals surface area contributed by atoms with Crippen LogP contribution in [0.25, 0.3) is 0 Å². The van der Waals surface area contributed by atoms with Gasteiger partial charge in [0.15, 0.2) is 0 Å². The molecule has 0 saturated heterocycles. The molecule has 0 heterocycles. The van der Waals surface area contributed by atoms with E-state index in [9.17, 15) is 4.39 Å². The van der Waals surface area contributed by atoms with E-state index in [0.29, 0.717) is 23.4 Å². The fourth-order valence-electron chi connectivity index (χ4n) is 1.61. The van der Waals surface area contributed by atoms with Gasteiger partial charge in [-0.3, -0.25) is 0 Å². The molecule has 1 unspecified atom stereocenters. The maximum absolute atomic E-state index is 13.5. The van der Waals surface area contributed by atoms with Gasteiger partial charge in [-0.1, -0.05) is 17.7 Å². The van der Waals surface area contributed by atoms with Crippen LogP contribution in [0.5, 0.6) is 0 Å². The summed E-state index contributed by atoms with van der Waals surface area (Å²) in [6.45, 7) is 1.76. The molecule has 1 aromatic carbocycles. The lowest BCUT2D eigenvalue weighted by molar-refractivity contribution is 0.264. The molecule has 2 nitrogen and oxygen atoms in total. The van der Waals surface area contributed by atoms with E-state index in [1.165, 1.54) is 6.07 Å². The third kappa shape index (κ3) is 2.91. The Labute approximate surface area is 93.9 Å². The highest BCUT2D eigenvalue weighted by Gasteiger charge is 2.26. The molecule has 1 atom stereocenters. The molecule has 84 valence electrons. The lowest BCUT2D eigenvalue weighted by atomic mass is 9.88. The first-order chi connectivity index (χ1) is 6.99. The van der Waals surface area contributed by atoms with Gasteiger partial charge in [0.05, 0.1) is 0 Å². The van der Waals surface area contributed by atoms with E-state index in [1.807, 2.05) is 0 Å². The highest BCUT2D eigenvalue weighted by atomic mass is 35.5. The molecular weight excluding hydrogens is 217 g/mol. The SMILES string of the molecule is CC(N)(CCCO)c1c(F)cccc1Cl. The molecule has 15 heavy (non-hydrogen) atoms. The third-order valence-corrected chi connectivity index (χ3v) is 2.70. The standard InChI is InChI=1S/C11H15ClFNO/c1-11(14,6-3-7-15)10-8(12)4-2-5-9(10)13/h2,4-5,15H,3,6-7,14H2,1H3. The zero-order valence-electron chi connectivity index (χ0n) is 8.63. The molecule has 1 aromatic rings. The lowest BCUT2D eigenvalue weighted by Crippen LogP contribution is -2.34. The van der Waals surface area contributed by atoms with Gasteiger partial charge in [-0.2, -0.15) is 0 Å². The summed E-state index contributed by atoms with van der Waals surface area (Å²) in [5.74, 6) is -0.398. The van der Waals surface area contributed by atoms with Crippen LogP contribution in [0.3, 0.4) is 0 Å². The van der Waals surface area contributed by atoms with Gasteiger partial charge >= 0.3 is 0 Å². The summed E-state index contributed by atoms with van der Waals surface area (Å²) < 4.78 is 13.5. The normalized spacial score (nSPS) is 15.0. The first-order valence-corrected chi connectivity index (χ1v) is 5.21. The van der Waals surface area contributed by atoms with Gasteiger partial charge < -0.3 is 10.8 Å². The predicted molar refractivity (Wildman–Crippen MR) is 59.3 cm³/mol. The van der Waals surface area contributed by atoms with Crippen molar-refractivity contribution in [1.29, 1.82) is 0 Å². The number of nitrogens with two attached hydrogens (primary N) is 1. The number of rotatable bonds is 4. The van der Waals surface area contributed by atoms with Crippen LogP contribution in [0, 0.1) is 5.82 Å². The van der Waals surface area contributed by atoms with E-state index in [1.54, 1.807) is 19.1 Å². The summed E-state index contributed by atoms with van der Waals surface area (Å²) in [7, 11) is 0. The Morgan fingerprint density at radius 2 is 2.20 bits per heavy atom. The van der Waals surface area contributed by atoms with Crippen LogP contribution in [0.2, 0.25) is 5.02 Å². The fourth-order valence-corrected chi connectivity index (χ4v) is 1.99. The highest BCUT2D eigenvalue weighted by Crippen LogP contribution is 2.31. The first-order valence-electron chi connectivity index (χ1n) is 4.83. The minimum Gasteiger partial charge on any atom is -0.396 e. The van der Waals surface area contributed by atoms with Crippen LogP contribution in [-0.2, 0) is 5.54 Å². The number of aliphatic hydroxyl groups is 1. The molecule has 0 amide bonds. The minimum absolute atomic E-state index is 0.0405. The first kappa shape index (κ1) is 12.4. The molecule has 3 N–H and O–H groups in total. The largest absolute Gasteiger partial charge is 0.396 e. The monoisotopic (exact) mass is 231 g/mol. The summed E-state index contributed by atoms with van der Waals surface area (Å²) in [5.41, 5.74) is 5.47. The van der Waals surface area contributed by atoms with Crippen LogP contribution < -0.4 is 5.73 Å². The van der Waals surface area contributed by atoms with E-state index in [-0.39, 0.29) is 6.61 Å². The average Bonchev–Trinajstić information content (AvgIpc) is 2.14. The zero-order chi connectivity index (χ0) is 11.5. The van der Waals surface area contributed by atoms with Crippen molar-refractivity contribution < 1.29 is 9.50 Å². The molecule has 0 saturated carbocycles. The maximum Gasteiger partial charge on any atom is 0.129 e. The molecule has 0 fully saturated rings.